The van der Waals surface area contributed by atoms with Crippen LogP contribution in [0.5, 0.6) is 5.75 Å². The van der Waals surface area contributed by atoms with Crippen LogP contribution < -0.4 is 14.3 Å². The second-order valence-corrected chi connectivity index (χ2v) is 8.86. The molecular formula is C19H22N2O4S2. The summed E-state index contributed by atoms with van der Waals surface area (Å²) in [5.41, 5.74) is 1.80. The average Bonchev–Trinajstić information content (AvgIpc) is 2.94. The van der Waals surface area contributed by atoms with E-state index in [0.29, 0.717) is 24.3 Å². The maximum atomic E-state index is 12.5. The van der Waals surface area contributed by atoms with Gasteiger partial charge in [0.25, 0.3) is 0 Å². The number of hydrogen-bond donors (Lipinski definition) is 1. The molecule has 2 aromatic carbocycles. The van der Waals surface area contributed by atoms with Gasteiger partial charge >= 0.3 is 4.87 Å². The first kappa shape index (κ1) is 19.6. The Hall–Kier alpha value is -2.16. The lowest BCUT2D eigenvalue weighted by molar-refractivity contribution is 0.336. The molecule has 1 heterocycles. The molecule has 0 bridgehead atoms. The molecule has 0 amide bonds. The molecule has 27 heavy (non-hydrogen) atoms. The number of sulfonamides is 1. The fourth-order valence-corrected chi connectivity index (χ4v) is 4.95. The van der Waals surface area contributed by atoms with Gasteiger partial charge in [-0.15, -0.1) is 0 Å². The van der Waals surface area contributed by atoms with Crippen LogP contribution in [0.4, 0.5) is 0 Å². The number of ether oxygens (including phenoxy) is 1. The number of aryl methyl sites for hydroxylation is 2. The third-order valence-electron chi connectivity index (χ3n) is 4.26. The standard InChI is InChI=1S/C19H22N2O4S2/c1-3-25-17-9-5-4-7-14(17)8-6-12-20-27(23,24)15-10-11-16-18(13-15)26-19(22)21(16)2/h4-5,7,9-11,13,20H,3,6,8,12H2,1-2H3. The third kappa shape index (κ3) is 4.40. The molecule has 1 N–H and O–H groups in total. The number of nitrogens with one attached hydrogen (secondary N) is 1. The average molecular weight is 407 g/mol. The van der Waals surface area contributed by atoms with E-state index in [1.54, 1.807) is 19.2 Å². The van der Waals surface area contributed by atoms with Gasteiger partial charge in [0.1, 0.15) is 5.75 Å². The maximum absolute atomic E-state index is 12.5. The van der Waals surface area contributed by atoms with Gasteiger partial charge in [0, 0.05) is 13.6 Å². The van der Waals surface area contributed by atoms with Crippen LogP contribution in [0.25, 0.3) is 10.2 Å². The summed E-state index contributed by atoms with van der Waals surface area (Å²) < 4.78 is 35.5. The van der Waals surface area contributed by atoms with Crippen molar-refractivity contribution < 1.29 is 13.2 Å². The van der Waals surface area contributed by atoms with E-state index in [1.165, 1.54) is 10.6 Å². The summed E-state index contributed by atoms with van der Waals surface area (Å²) in [6.07, 6.45) is 1.38. The van der Waals surface area contributed by atoms with Crippen LogP contribution in [-0.4, -0.2) is 26.1 Å². The van der Waals surface area contributed by atoms with Gasteiger partial charge in [0.05, 0.1) is 21.7 Å². The minimum absolute atomic E-state index is 0.111. The van der Waals surface area contributed by atoms with E-state index < -0.39 is 10.0 Å². The second-order valence-electron chi connectivity index (χ2n) is 6.10. The number of benzene rings is 2. The Bertz CT molecular complexity index is 1100. The molecule has 0 aliphatic heterocycles. The van der Waals surface area contributed by atoms with Crippen molar-refractivity contribution in [2.75, 3.05) is 13.2 Å². The quantitative estimate of drug-likeness (QED) is 0.584. The predicted molar refractivity (Wildman–Crippen MR) is 108 cm³/mol. The Balaban J connectivity index is 1.65. The van der Waals surface area contributed by atoms with Crippen molar-refractivity contribution >= 4 is 31.6 Å². The lowest BCUT2D eigenvalue weighted by Gasteiger charge is -2.10. The first-order chi connectivity index (χ1) is 12.9. The van der Waals surface area contributed by atoms with E-state index in [9.17, 15) is 13.2 Å². The highest BCUT2D eigenvalue weighted by molar-refractivity contribution is 7.89. The molecular weight excluding hydrogens is 384 g/mol. The molecule has 3 aromatic rings. The van der Waals surface area contributed by atoms with Crippen LogP contribution in [0, 0.1) is 0 Å². The minimum Gasteiger partial charge on any atom is -0.494 e. The van der Waals surface area contributed by atoms with Crippen molar-refractivity contribution in [3.8, 4) is 5.75 Å². The van der Waals surface area contributed by atoms with Crippen LogP contribution in [0.1, 0.15) is 18.9 Å². The second kappa shape index (κ2) is 8.24. The summed E-state index contributed by atoms with van der Waals surface area (Å²) in [7, 11) is -1.94. The highest BCUT2D eigenvalue weighted by Crippen LogP contribution is 2.22. The number of para-hydroxylation sites is 1. The number of aromatic nitrogens is 1. The molecule has 0 spiro atoms. The SMILES string of the molecule is CCOc1ccccc1CCCNS(=O)(=O)c1ccc2c(c1)sc(=O)n2C. The molecule has 0 radical (unpaired) electrons. The Morgan fingerprint density at radius 2 is 1.96 bits per heavy atom. The number of nitrogens with zero attached hydrogens (tertiary/aromatic N) is 1. The van der Waals surface area contributed by atoms with Crippen molar-refractivity contribution in [2.24, 2.45) is 7.05 Å². The minimum atomic E-state index is -3.62. The van der Waals surface area contributed by atoms with E-state index in [0.717, 1.165) is 34.6 Å². The van der Waals surface area contributed by atoms with Crippen LogP contribution in [0.15, 0.2) is 52.2 Å². The molecule has 8 heteroatoms. The zero-order chi connectivity index (χ0) is 19.4. The summed E-state index contributed by atoms with van der Waals surface area (Å²) in [5, 5.41) is 0. The lowest BCUT2D eigenvalue weighted by Crippen LogP contribution is -2.25. The lowest BCUT2D eigenvalue weighted by atomic mass is 10.1. The summed E-state index contributed by atoms with van der Waals surface area (Å²) in [6.45, 7) is 2.86. The fourth-order valence-electron chi connectivity index (χ4n) is 2.86. The van der Waals surface area contributed by atoms with Crippen LogP contribution in [0.3, 0.4) is 0 Å². The van der Waals surface area contributed by atoms with Gasteiger partial charge in [-0.25, -0.2) is 13.1 Å². The van der Waals surface area contributed by atoms with Crippen molar-refractivity contribution in [3.63, 3.8) is 0 Å². The van der Waals surface area contributed by atoms with Gasteiger partial charge < -0.3 is 9.30 Å². The molecule has 0 unspecified atom stereocenters. The van der Waals surface area contributed by atoms with Gasteiger partial charge in [-0.3, -0.25) is 4.79 Å². The summed E-state index contributed by atoms with van der Waals surface area (Å²) in [5.74, 6) is 0.840. The monoisotopic (exact) mass is 406 g/mol. The Kier molecular flexibility index (Phi) is 5.98. The van der Waals surface area contributed by atoms with E-state index in [1.807, 2.05) is 31.2 Å². The van der Waals surface area contributed by atoms with Gasteiger partial charge in [-0.2, -0.15) is 0 Å². The molecule has 0 atom stereocenters. The summed E-state index contributed by atoms with van der Waals surface area (Å²) in [4.78, 5) is 11.8. The summed E-state index contributed by atoms with van der Waals surface area (Å²) >= 11 is 1.04. The number of fused-ring (bicyclic) bond motifs is 1. The van der Waals surface area contributed by atoms with Crippen molar-refractivity contribution in [1.82, 2.24) is 9.29 Å². The molecule has 0 fully saturated rings. The number of hydrogen-bond acceptors (Lipinski definition) is 5. The summed E-state index contributed by atoms with van der Waals surface area (Å²) in [6, 6.07) is 12.5. The van der Waals surface area contributed by atoms with E-state index in [4.69, 9.17) is 4.74 Å². The molecule has 1 aromatic heterocycles. The highest BCUT2D eigenvalue weighted by atomic mass is 32.2. The van der Waals surface area contributed by atoms with Gasteiger partial charge in [0.2, 0.25) is 10.0 Å². The topological polar surface area (TPSA) is 77.4 Å². The van der Waals surface area contributed by atoms with E-state index in [2.05, 4.69) is 4.72 Å². The van der Waals surface area contributed by atoms with Gasteiger partial charge in [-0.05, 0) is 49.6 Å². The molecule has 0 aliphatic carbocycles. The molecule has 0 saturated heterocycles. The van der Waals surface area contributed by atoms with Crippen LogP contribution in [-0.2, 0) is 23.5 Å². The first-order valence-corrected chi connectivity index (χ1v) is 11.0. The third-order valence-corrected chi connectivity index (χ3v) is 6.72. The van der Waals surface area contributed by atoms with Crippen molar-refractivity contribution in [2.45, 2.75) is 24.7 Å². The number of rotatable bonds is 8. The molecule has 3 rings (SSSR count). The molecule has 6 nitrogen and oxygen atoms in total. The van der Waals surface area contributed by atoms with Crippen LogP contribution in [0.2, 0.25) is 0 Å². The smallest absolute Gasteiger partial charge is 0.307 e. The molecule has 0 saturated carbocycles. The first-order valence-electron chi connectivity index (χ1n) is 8.72. The highest BCUT2D eigenvalue weighted by Gasteiger charge is 2.15. The van der Waals surface area contributed by atoms with Crippen LogP contribution >= 0.6 is 11.3 Å². The zero-order valence-electron chi connectivity index (χ0n) is 15.3. The number of thiazole rings is 1. The zero-order valence-corrected chi connectivity index (χ0v) is 16.9. The Labute approximate surface area is 162 Å². The maximum Gasteiger partial charge on any atom is 0.307 e. The van der Waals surface area contributed by atoms with Gasteiger partial charge in [0.15, 0.2) is 0 Å². The Morgan fingerprint density at radius 3 is 2.74 bits per heavy atom. The van der Waals surface area contributed by atoms with Crippen molar-refractivity contribution in [3.05, 3.63) is 57.7 Å². The van der Waals surface area contributed by atoms with E-state index >= 15 is 0 Å². The van der Waals surface area contributed by atoms with Gasteiger partial charge in [-0.1, -0.05) is 29.5 Å². The van der Waals surface area contributed by atoms with Crippen molar-refractivity contribution in [1.29, 1.82) is 0 Å². The van der Waals surface area contributed by atoms with E-state index in [-0.39, 0.29) is 9.77 Å². The molecule has 0 aliphatic rings. The normalized spacial score (nSPS) is 11.8. The molecule has 144 valence electrons. The Morgan fingerprint density at radius 1 is 1.19 bits per heavy atom. The largest absolute Gasteiger partial charge is 0.494 e. The predicted octanol–water partition coefficient (Wildman–Crippen LogP) is 2.91. The fraction of sp³-hybridized carbons (Fsp3) is 0.316.